The number of ketones is 1. The molecule has 0 aromatic heterocycles. The predicted molar refractivity (Wildman–Crippen MR) is 89.6 cm³/mol. The van der Waals surface area contributed by atoms with Gasteiger partial charge in [0, 0.05) is 6.42 Å². The van der Waals surface area contributed by atoms with Crippen molar-refractivity contribution in [3.05, 3.63) is 77.9 Å². The molecule has 0 unspecified atom stereocenters. The van der Waals surface area contributed by atoms with Gasteiger partial charge in [-0.15, -0.1) is 0 Å². The first kappa shape index (κ1) is 14.3. The molecular weight excluding hydrogens is 272 g/mol. The summed E-state index contributed by atoms with van der Waals surface area (Å²) >= 11 is 0. The normalized spacial score (nSPS) is 10.6. The summed E-state index contributed by atoms with van der Waals surface area (Å²) in [4.78, 5) is 12.7. The molecule has 0 fully saturated rings. The molecule has 0 saturated carbocycles. The van der Waals surface area contributed by atoms with Crippen LogP contribution in [0.1, 0.15) is 22.3 Å². The van der Waals surface area contributed by atoms with Crippen molar-refractivity contribution in [3.63, 3.8) is 0 Å². The van der Waals surface area contributed by atoms with Crippen LogP contribution in [-0.4, -0.2) is 12.9 Å². The first-order valence-corrected chi connectivity index (χ1v) is 7.42. The summed E-state index contributed by atoms with van der Waals surface area (Å²) in [7, 11) is 1.61. The topological polar surface area (TPSA) is 26.3 Å². The highest BCUT2D eigenvalue weighted by Crippen LogP contribution is 2.29. The van der Waals surface area contributed by atoms with E-state index >= 15 is 0 Å². The average molecular weight is 290 g/mol. The van der Waals surface area contributed by atoms with Gasteiger partial charge in [-0.25, -0.2) is 0 Å². The van der Waals surface area contributed by atoms with Crippen LogP contribution in [0.4, 0.5) is 0 Å². The van der Waals surface area contributed by atoms with Crippen molar-refractivity contribution in [3.8, 4) is 5.75 Å². The van der Waals surface area contributed by atoms with Gasteiger partial charge in [-0.2, -0.15) is 0 Å². The third-order valence-electron chi connectivity index (χ3n) is 3.87. The van der Waals surface area contributed by atoms with Crippen molar-refractivity contribution >= 4 is 16.6 Å². The van der Waals surface area contributed by atoms with E-state index in [1.54, 1.807) is 7.11 Å². The molecule has 0 aliphatic rings. The summed E-state index contributed by atoms with van der Waals surface area (Å²) in [6, 6.07) is 21.9. The summed E-state index contributed by atoms with van der Waals surface area (Å²) in [5.41, 5.74) is 1.87. The van der Waals surface area contributed by atoms with Gasteiger partial charge in [-0.1, -0.05) is 60.7 Å². The van der Waals surface area contributed by atoms with Gasteiger partial charge in [0.05, 0.1) is 12.7 Å². The Morgan fingerprint density at radius 1 is 0.909 bits per heavy atom. The van der Waals surface area contributed by atoms with Gasteiger partial charge in [0.2, 0.25) is 0 Å². The van der Waals surface area contributed by atoms with Crippen LogP contribution in [0.5, 0.6) is 5.75 Å². The third kappa shape index (κ3) is 2.86. The molecule has 2 nitrogen and oxygen atoms in total. The van der Waals surface area contributed by atoms with Crippen LogP contribution >= 0.6 is 0 Å². The first-order valence-electron chi connectivity index (χ1n) is 7.42. The van der Waals surface area contributed by atoms with Crippen LogP contribution in [0.15, 0.2) is 66.7 Å². The highest BCUT2D eigenvalue weighted by atomic mass is 16.5. The molecule has 0 aliphatic carbocycles. The van der Waals surface area contributed by atoms with E-state index in [2.05, 4.69) is 0 Å². The summed E-state index contributed by atoms with van der Waals surface area (Å²) < 4.78 is 5.41. The van der Waals surface area contributed by atoms with Crippen LogP contribution in [0.3, 0.4) is 0 Å². The van der Waals surface area contributed by atoms with Crippen molar-refractivity contribution in [1.29, 1.82) is 0 Å². The lowest BCUT2D eigenvalue weighted by atomic mass is 9.96. The zero-order valence-corrected chi connectivity index (χ0v) is 12.6. The Hall–Kier alpha value is -2.61. The molecule has 110 valence electrons. The lowest BCUT2D eigenvalue weighted by Gasteiger charge is -2.11. The van der Waals surface area contributed by atoms with Gasteiger partial charge >= 0.3 is 0 Å². The zero-order valence-electron chi connectivity index (χ0n) is 12.6. The Bertz CT molecular complexity index is 791. The number of methoxy groups -OCH3 is 1. The highest BCUT2D eigenvalue weighted by molar-refractivity contribution is 6.10. The molecule has 0 amide bonds. The van der Waals surface area contributed by atoms with E-state index in [1.807, 2.05) is 66.7 Å². The number of fused-ring (bicyclic) bond motifs is 1. The smallest absolute Gasteiger partial charge is 0.167 e. The highest BCUT2D eigenvalue weighted by Gasteiger charge is 2.16. The van der Waals surface area contributed by atoms with Crippen LogP contribution < -0.4 is 4.74 Å². The number of rotatable bonds is 5. The minimum Gasteiger partial charge on any atom is -0.496 e. The average Bonchev–Trinajstić information content (AvgIpc) is 2.59. The monoisotopic (exact) mass is 290 g/mol. The third-order valence-corrected chi connectivity index (χ3v) is 3.87. The second-order valence-corrected chi connectivity index (χ2v) is 5.27. The Labute approximate surface area is 130 Å². The summed E-state index contributed by atoms with van der Waals surface area (Å²) in [6.07, 6.45) is 1.22. The summed E-state index contributed by atoms with van der Waals surface area (Å²) in [5, 5.41) is 2.02. The van der Waals surface area contributed by atoms with E-state index in [0.29, 0.717) is 17.7 Å². The van der Waals surface area contributed by atoms with Crippen LogP contribution in [0, 0.1) is 0 Å². The number of carbonyl (C=O) groups excluding carboxylic acids is 1. The molecule has 2 heteroatoms. The quantitative estimate of drug-likeness (QED) is 0.639. The minimum atomic E-state index is 0.123. The Kier molecular flexibility index (Phi) is 4.19. The lowest BCUT2D eigenvalue weighted by molar-refractivity contribution is 0.0981. The van der Waals surface area contributed by atoms with Gasteiger partial charge in [0.15, 0.2) is 5.78 Å². The molecule has 0 spiro atoms. The van der Waals surface area contributed by atoms with Crippen molar-refractivity contribution in [1.82, 2.24) is 0 Å². The largest absolute Gasteiger partial charge is 0.496 e. The molecule has 0 saturated heterocycles. The number of Topliss-reactive ketones (excluding diaryl/α,β-unsaturated/α-hetero) is 1. The van der Waals surface area contributed by atoms with Gasteiger partial charge in [0.25, 0.3) is 0 Å². The molecule has 0 radical (unpaired) electrons. The van der Waals surface area contributed by atoms with Crippen molar-refractivity contribution in [2.45, 2.75) is 12.8 Å². The molecule has 22 heavy (non-hydrogen) atoms. The lowest BCUT2D eigenvalue weighted by Crippen LogP contribution is -2.05. The molecule has 0 heterocycles. The number of hydrogen-bond acceptors (Lipinski definition) is 2. The maximum absolute atomic E-state index is 12.7. The van der Waals surface area contributed by atoms with Gasteiger partial charge in [0.1, 0.15) is 5.75 Å². The van der Waals surface area contributed by atoms with E-state index in [4.69, 9.17) is 4.74 Å². The Balaban J connectivity index is 1.92. The van der Waals surface area contributed by atoms with Crippen molar-refractivity contribution in [2.75, 3.05) is 7.11 Å². The molecule has 3 aromatic rings. The van der Waals surface area contributed by atoms with E-state index in [-0.39, 0.29) is 5.78 Å². The molecule has 0 N–H and O–H groups in total. The molecule has 0 bridgehead atoms. The number of carbonyl (C=O) groups is 1. The standard InChI is InChI=1S/C20H18O2/c1-22-19-14-12-16-9-5-6-10-17(16)20(19)18(21)13-11-15-7-3-2-4-8-15/h2-10,12,14H,11,13H2,1H3. The molecule has 0 atom stereocenters. The second kappa shape index (κ2) is 6.44. The molecule has 3 rings (SSSR count). The molecule has 3 aromatic carbocycles. The van der Waals surface area contributed by atoms with E-state index in [9.17, 15) is 4.79 Å². The van der Waals surface area contributed by atoms with Crippen LogP contribution in [0.2, 0.25) is 0 Å². The van der Waals surface area contributed by atoms with E-state index in [0.717, 1.165) is 17.2 Å². The predicted octanol–water partition coefficient (Wildman–Crippen LogP) is 4.66. The number of aryl methyl sites for hydroxylation is 1. The van der Waals surface area contributed by atoms with E-state index < -0.39 is 0 Å². The SMILES string of the molecule is COc1ccc2ccccc2c1C(=O)CCc1ccccc1. The number of benzene rings is 3. The van der Waals surface area contributed by atoms with Crippen molar-refractivity contribution < 1.29 is 9.53 Å². The fourth-order valence-corrected chi connectivity index (χ4v) is 2.74. The molecule has 0 aliphatic heterocycles. The van der Waals surface area contributed by atoms with Gasteiger partial charge in [-0.3, -0.25) is 4.79 Å². The maximum Gasteiger partial charge on any atom is 0.167 e. The summed E-state index contributed by atoms with van der Waals surface area (Å²) in [5.74, 6) is 0.772. The Morgan fingerprint density at radius 2 is 1.64 bits per heavy atom. The van der Waals surface area contributed by atoms with Crippen LogP contribution in [-0.2, 0) is 6.42 Å². The molecular formula is C20H18O2. The number of ether oxygens (including phenoxy) is 1. The van der Waals surface area contributed by atoms with E-state index in [1.165, 1.54) is 5.56 Å². The Morgan fingerprint density at radius 3 is 2.41 bits per heavy atom. The van der Waals surface area contributed by atoms with Gasteiger partial charge < -0.3 is 4.74 Å². The first-order chi connectivity index (χ1) is 10.8. The fraction of sp³-hybridized carbons (Fsp3) is 0.150. The second-order valence-electron chi connectivity index (χ2n) is 5.27. The summed E-state index contributed by atoms with van der Waals surface area (Å²) in [6.45, 7) is 0. The van der Waals surface area contributed by atoms with Crippen molar-refractivity contribution in [2.24, 2.45) is 0 Å². The maximum atomic E-state index is 12.7. The zero-order chi connectivity index (χ0) is 15.4. The van der Waals surface area contributed by atoms with Crippen LogP contribution in [0.25, 0.3) is 10.8 Å². The number of hydrogen-bond donors (Lipinski definition) is 0. The fourth-order valence-electron chi connectivity index (χ4n) is 2.74. The minimum absolute atomic E-state index is 0.123. The van der Waals surface area contributed by atoms with Gasteiger partial charge in [-0.05, 0) is 28.8 Å².